The van der Waals surface area contributed by atoms with Gasteiger partial charge in [-0.15, -0.1) is 0 Å². The Hall–Kier alpha value is -0.120. The van der Waals surface area contributed by atoms with Gasteiger partial charge in [-0.1, -0.05) is 19.8 Å². The van der Waals surface area contributed by atoms with E-state index < -0.39 is 0 Å². The molecule has 0 heterocycles. The van der Waals surface area contributed by atoms with E-state index in [2.05, 4.69) is 30.8 Å². The van der Waals surface area contributed by atoms with Crippen LogP contribution in [0.3, 0.4) is 0 Å². The molecule has 3 heteroatoms. The number of hydrogen-bond donors (Lipinski definition) is 1. The van der Waals surface area contributed by atoms with Gasteiger partial charge in [-0.2, -0.15) is 0 Å². The monoisotopic (exact) mass is 213 g/mol. The first kappa shape index (κ1) is 12.9. The highest BCUT2D eigenvalue weighted by Crippen LogP contribution is 2.25. The lowest BCUT2D eigenvalue weighted by Crippen LogP contribution is -2.52. The SMILES string of the molecule is CCN(CCN)[C@@H]1CCCC[C@@H]1N(C)C. The van der Waals surface area contributed by atoms with E-state index in [9.17, 15) is 0 Å². The van der Waals surface area contributed by atoms with Crippen LogP contribution in [0.5, 0.6) is 0 Å². The Balaban J connectivity index is 2.60. The molecule has 15 heavy (non-hydrogen) atoms. The molecule has 1 rings (SSSR count). The van der Waals surface area contributed by atoms with Gasteiger partial charge in [0.25, 0.3) is 0 Å². The fraction of sp³-hybridized carbons (Fsp3) is 1.00. The summed E-state index contributed by atoms with van der Waals surface area (Å²) >= 11 is 0. The summed E-state index contributed by atoms with van der Waals surface area (Å²) in [6.45, 7) is 5.21. The van der Waals surface area contributed by atoms with Gasteiger partial charge in [0.2, 0.25) is 0 Å². The van der Waals surface area contributed by atoms with Crippen molar-refractivity contribution >= 4 is 0 Å². The average molecular weight is 213 g/mol. The molecule has 1 aliphatic rings. The van der Waals surface area contributed by atoms with E-state index in [1.165, 1.54) is 25.7 Å². The molecule has 3 nitrogen and oxygen atoms in total. The van der Waals surface area contributed by atoms with Gasteiger partial charge in [0.05, 0.1) is 0 Å². The lowest BCUT2D eigenvalue weighted by Gasteiger charge is -2.42. The highest BCUT2D eigenvalue weighted by molar-refractivity contribution is 4.87. The molecule has 2 atom stereocenters. The van der Waals surface area contributed by atoms with Crippen LogP contribution in [-0.2, 0) is 0 Å². The second kappa shape index (κ2) is 6.46. The van der Waals surface area contributed by atoms with Crippen molar-refractivity contribution in [2.75, 3.05) is 33.7 Å². The number of hydrogen-bond acceptors (Lipinski definition) is 3. The molecule has 0 amide bonds. The van der Waals surface area contributed by atoms with Crippen LogP contribution in [-0.4, -0.2) is 55.6 Å². The molecule has 0 aromatic heterocycles. The summed E-state index contributed by atoms with van der Waals surface area (Å²) in [5, 5.41) is 0. The van der Waals surface area contributed by atoms with E-state index in [1.807, 2.05) is 0 Å². The van der Waals surface area contributed by atoms with Gasteiger partial charge in [-0.05, 0) is 33.5 Å². The Morgan fingerprint density at radius 1 is 1.13 bits per heavy atom. The van der Waals surface area contributed by atoms with Crippen molar-refractivity contribution in [1.82, 2.24) is 9.80 Å². The number of nitrogens with two attached hydrogens (primary N) is 1. The molecule has 0 saturated heterocycles. The largest absolute Gasteiger partial charge is 0.329 e. The predicted octanol–water partition coefficient (Wildman–Crippen LogP) is 1.14. The van der Waals surface area contributed by atoms with E-state index in [-0.39, 0.29) is 0 Å². The maximum atomic E-state index is 5.68. The quantitative estimate of drug-likeness (QED) is 0.743. The molecule has 1 aliphatic carbocycles. The molecule has 0 aromatic carbocycles. The topological polar surface area (TPSA) is 32.5 Å². The Morgan fingerprint density at radius 3 is 2.20 bits per heavy atom. The van der Waals surface area contributed by atoms with Gasteiger partial charge in [0.15, 0.2) is 0 Å². The van der Waals surface area contributed by atoms with E-state index in [0.717, 1.165) is 31.7 Å². The summed E-state index contributed by atoms with van der Waals surface area (Å²) in [6.07, 6.45) is 5.46. The van der Waals surface area contributed by atoms with Crippen LogP contribution in [0.4, 0.5) is 0 Å². The van der Waals surface area contributed by atoms with Crippen molar-refractivity contribution < 1.29 is 0 Å². The molecular weight excluding hydrogens is 186 g/mol. The van der Waals surface area contributed by atoms with Crippen LogP contribution in [0, 0.1) is 0 Å². The molecule has 0 radical (unpaired) electrons. The predicted molar refractivity (Wildman–Crippen MR) is 66.0 cm³/mol. The Kier molecular flexibility index (Phi) is 5.58. The molecule has 1 fully saturated rings. The van der Waals surface area contributed by atoms with Crippen LogP contribution in [0.2, 0.25) is 0 Å². The standard InChI is InChI=1S/C12H27N3/c1-4-15(10-9-13)12-8-6-5-7-11(12)14(2)3/h11-12H,4-10,13H2,1-3H3/t11-,12+/m0/s1. The maximum Gasteiger partial charge on any atom is 0.0251 e. The van der Waals surface area contributed by atoms with Crippen LogP contribution in [0.25, 0.3) is 0 Å². The molecule has 0 aliphatic heterocycles. The fourth-order valence-electron chi connectivity index (χ4n) is 2.84. The lowest BCUT2D eigenvalue weighted by atomic mass is 9.88. The van der Waals surface area contributed by atoms with E-state index in [1.54, 1.807) is 0 Å². The van der Waals surface area contributed by atoms with Gasteiger partial charge in [-0.25, -0.2) is 0 Å². The highest BCUT2D eigenvalue weighted by Gasteiger charge is 2.30. The van der Waals surface area contributed by atoms with E-state index in [4.69, 9.17) is 5.73 Å². The molecule has 0 bridgehead atoms. The molecule has 2 N–H and O–H groups in total. The minimum Gasteiger partial charge on any atom is -0.329 e. The maximum absolute atomic E-state index is 5.68. The minimum atomic E-state index is 0.724. The zero-order valence-electron chi connectivity index (χ0n) is 10.6. The first-order valence-electron chi connectivity index (χ1n) is 6.31. The molecule has 1 saturated carbocycles. The smallest absolute Gasteiger partial charge is 0.0251 e. The van der Waals surface area contributed by atoms with Gasteiger partial charge in [0, 0.05) is 25.2 Å². The van der Waals surface area contributed by atoms with Crippen LogP contribution in [0.15, 0.2) is 0 Å². The van der Waals surface area contributed by atoms with Gasteiger partial charge in [-0.3, -0.25) is 4.90 Å². The third-order valence-corrected chi connectivity index (χ3v) is 3.65. The summed E-state index contributed by atoms with van der Waals surface area (Å²) in [5.74, 6) is 0. The summed E-state index contributed by atoms with van der Waals surface area (Å²) in [4.78, 5) is 4.95. The average Bonchev–Trinajstić information content (AvgIpc) is 2.26. The third kappa shape index (κ3) is 3.44. The summed E-state index contributed by atoms with van der Waals surface area (Å²) in [7, 11) is 4.42. The second-order valence-corrected chi connectivity index (χ2v) is 4.80. The van der Waals surface area contributed by atoms with E-state index in [0.29, 0.717) is 0 Å². The van der Waals surface area contributed by atoms with Gasteiger partial charge in [0.1, 0.15) is 0 Å². The molecule has 0 aromatic rings. The fourth-order valence-corrected chi connectivity index (χ4v) is 2.84. The molecule has 0 spiro atoms. The zero-order valence-corrected chi connectivity index (χ0v) is 10.6. The van der Waals surface area contributed by atoms with Crippen molar-refractivity contribution in [2.45, 2.75) is 44.7 Å². The van der Waals surface area contributed by atoms with Crippen molar-refractivity contribution in [2.24, 2.45) is 5.73 Å². The van der Waals surface area contributed by atoms with Crippen molar-refractivity contribution in [3.8, 4) is 0 Å². The first-order chi connectivity index (χ1) is 7.20. The first-order valence-corrected chi connectivity index (χ1v) is 6.31. The summed E-state index contributed by atoms with van der Waals surface area (Å²) < 4.78 is 0. The second-order valence-electron chi connectivity index (χ2n) is 4.80. The minimum absolute atomic E-state index is 0.724. The number of likely N-dealkylation sites (N-methyl/N-ethyl adjacent to an activating group) is 2. The van der Waals surface area contributed by atoms with Crippen LogP contribution >= 0.6 is 0 Å². The van der Waals surface area contributed by atoms with Crippen molar-refractivity contribution in [1.29, 1.82) is 0 Å². The van der Waals surface area contributed by atoms with Crippen molar-refractivity contribution in [3.05, 3.63) is 0 Å². The number of nitrogens with zero attached hydrogens (tertiary/aromatic N) is 2. The van der Waals surface area contributed by atoms with Crippen LogP contribution in [0.1, 0.15) is 32.6 Å². The molecule has 90 valence electrons. The van der Waals surface area contributed by atoms with Gasteiger partial charge < -0.3 is 10.6 Å². The van der Waals surface area contributed by atoms with Gasteiger partial charge >= 0.3 is 0 Å². The molecular formula is C12H27N3. The summed E-state index contributed by atoms with van der Waals surface area (Å²) in [5.41, 5.74) is 5.68. The van der Waals surface area contributed by atoms with Crippen molar-refractivity contribution in [3.63, 3.8) is 0 Å². The number of rotatable bonds is 5. The Bertz CT molecular complexity index is 170. The normalized spacial score (nSPS) is 27.6. The summed E-state index contributed by atoms with van der Waals surface area (Å²) in [6, 6.07) is 1.45. The van der Waals surface area contributed by atoms with E-state index >= 15 is 0 Å². The molecule has 0 unspecified atom stereocenters. The Labute approximate surface area is 94.6 Å². The Morgan fingerprint density at radius 2 is 1.73 bits per heavy atom. The van der Waals surface area contributed by atoms with Crippen LogP contribution < -0.4 is 5.73 Å². The highest BCUT2D eigenvalue weighted by atomic mass is 15.2. The zero-order chi connectivity index (χ0) is 11.3. The third-order valence-electron chi connectivity index (χ3n) is 3.65. The lowest BCUT2D eigenvalue weighted by molar-refractivity contribution is 0.0796.